The molecular weight excluding hydrogens is 255 g/mol. The SMILES string of the molecule is NCC1(c2cc(C(F)(F)F)cc(Cl)c2O)CC1. The van der Waals surface area contributed by atoms with Gasteiger partial charge in [-0.1, -0.05) is 11.6 Å². The van der Waals surface area contributed by atoms with Crippen LogP contribution in [0.1, 0.15) is 24.0 Å². The maximum absolute atomic E-state index is 12.6. The second-order valence-corrected chi connectivity index (χ2v) is 4.74. The molecule has 94 valence electrons. The summed E-state index contributed by atoms with van der Waals surface area (Å²) in [4.78, 5) is 0. The van der Waals surface area contributed by atoms with Crippen molar-refractivity contribution in [3.63, 3.8) is 0 Å². The van der Waals surface area contributed by atoms with Crippen molar-refractivity contribution in [2.75, 3.05) is 6.54 Å². The average Bonchev–Trinajstić information content (AvgIpc) is 3.01. The van der Waals surface area contributed by atoms with Crippen LogP contribution in [0.5, 0.6) is 5.75 Å². The summed E-state index contributed by atoms with van der Waals surface area (Å²) in [6.07, 6.45) is -3.12. The molecule has 0 aliphatic heterocycles. The maximum atomic E-state index is 12.6. The maximum Gasteiger partial charge on any atom is 0.416 e. The van der Waals surface area contributed by atoms with Crippen LogP contribution in [0.2, 0.25) is 5.02 Å². The van der Waals surface area contributed by atoms with E-state index in [-0.39, 0.29) is 22.9 Å². The molecule has 1 saturated carbocycles. The molecule has 1 aromatic rings. The topological polar surface area (TPSA) is 46.2 Å². The van der Waals surface area contributed by atoms with Crippen molar-refractivity contribution in [1.82, 2.24) is 0 Å². The molecule has 17 heavy (non-hydrogen) atoms. The quantitative estimate of drug-likeness (QED) is 0.863. The van der Waals surface area contributed by atoms with E-state index in [1.807, 2.05) is 0 Å². The van der Waals surface area contributed by atoms with Crippen LogP contribution < -0.4 is 5.73 Å². The smallest absolute Gasteiger partial charge is 0.416 e. The summed E-state index contributed by atoms with van der Waals surface area (Å²) in [5.74, 6) is -0.289. The van der Waals surface area contributed by atoms with Gasteiger partial charge in [0.25, 0.3) is 0 Å². The summed E-state index contributed by atoms with van der Waals surface area (Å²) in [7, 11) is 0. The average molecular weight is 266 g/mol. The van der Waals surface area contributed by atoms with Crippen LogP contribution in [-0.4, -0.2) is 11.7 Å². The van der Waals surface area contributed by atoms with Gasteiger partial charge >= 0.3 is 6.18 Å². The molecule has 2 rings (SSSR count). The van der Waals surface area contributed by atoms with Gasteiger partial charge in [0.2, 0.25) is 0 Å². The predicted octanol–water partition coefficient (Wildman–Crippen LogP) is 3.05. The Labute approximate surface area is 101 Å². The third-order valence-corrected chi connectivity index (χ3v) is 3.49. The molecule has 6 heteroatoms. The van der Waals surface area contributed by atoms with E-state index < -0.39 is 17.2 Å². The molecule has 0 aromatic heterocycles. The van der Waals surface area contributed by atoms with Crippen LogP contribution in [0.25, 0.3) is 0 Å². The van der Waals surface area contributed by atoms with Gasteiger partial charge in [-0.2, -0.15) is 13.2 Å². The van der Waals surface area contributed by atoms with E-state index in [4.69, 9.17) is 17.3 Å². The number of phenols is 1. The summed E-state index contributed by atoms with van der Waals surface area (Å²) in [6.45, 7) is 0.207. The molecule has 1 fully saturated rings. The Morgan fingerprint density at radius 1 is 1.35 bits per heavy atom. The third kappa shape index (κ3) is 2.09. The Balaban J connectivity index is 2.56. The fourth-order valence-corrected chi connectivity index (χ4v) is 2.12. The first-order valence-corrected chi connectivity index (χ1v) is 5.48. The minimum atomic E-state index is -4.48. The van der Waals surface area contributed by atoms with E-state index in [9.17, 15) is 18.3 Å². The fourth-order valence-electron chi connectivity index (χ4n) is 1.90. The summed E-state index contributed by atoms with van der Waals surface area (Å²) in [5.41, 5.74) is 4.37. The van der Waals surface area contributed by atoms with E-state index in [0.717, 1.165) is 12.1 Å². The van der Waals surface area contributed by atoms with Crippen molar-refractivity contribution in [2.24, 2.45) is 5.73 Å². The Morgan fingerprint density at radius 3 is 2.35 bits per heavy atom. The largest absolute Gasteiger partial charge is 0.506 e. The number of rotatable bonds is 2. The molecular formula is C11H11ClF3NO. The van der Waals surface area contributed by atoms with Gasteiger partial charge < -0.3 is 10.8 Å². The molecule has 1 aromatic carbocycles. The van der Waals surface area contributed by atoms with Gasteiger partial charge in [-0.15, -0.1) is 0 Å². The lowest BCUT2D eigenvalue weighted by atomic mass is 9.93. The van der Waals surface area contributed by atoms with Crippen molar-refractivity contribution in [3.8, 4) is 5.75 Å². The Bertz CT molecular complexity index is 455. The van der Waals surface area contributed by atoms with E-state index >= 15 is 0 Å². The van der Waals surface area contributed by atoms with Crippen molar-refractivity contribution in [2.45, 2.75) is 24.4 Å². The highest BCUT2D eigenvalue weighted by Gasteiger charge is 2.46. The number of hydrogen-bond acceptors (Lipinski definition) is 2. The molecule has 3 N–H and O–H groups in total. The van der Waals surface area contributed by atoms with E-state index in [1.54, 1.807) is 0 Å². The highest BCUT2D eigenvalue weighted by atomic mass is 35.5. The lowest BCUT2D eigenvalue weighted by molar-refractivity contribution is -0.137. The van der Waals surface area contributed by atoms with Gasteiger partial charge in [0.1, 0.15) is 5.75 Å². The normalized spacial score (nSPS) is 18.2. The number of alkyl halides is 3. The van der Waals surface area contributed by atoms with Crippen LogP contribution in [-0.2, 0) is 11.6 Å². The molecule has 1 aliphatic rings. The van der Waals surface area contributed by atoms with Crippen molar-refractivity contribution < 1.29 is 18.3 Å². The molecule has 1 aliphatic carbocycles. The zero-order valence-corrected chi connectivity index (χ0v) is 9.57. The van der Waals surface area contributed by atoms with Gasteiger partial charge in [-0.3, -0.25) is 0 Å². The fraction of sp³-hybridized carbons (Fsp3) is 0.455. The zero-order valence-electron chi connectivity index (χ0n) is 8.81. The van der Waals surface area contributed by atoms with Gasteiger partial charge in [0.05, 0.1) is 10.6 Å². The lowest BCUT2D eigenvalue weighted by Crippen LogP contribution is -2.20. The number of hydrogen-bond donors (Lipinski definition) is 2. The van der Waals surface area contributed by atoms with E-state index in [0.29, 0.717) is 12.8 Å². The van der Waals surface area contributed by atoms with Crippen molar-refractivity contribution in [3.05, 3.63) is 28.3 Å². The van der Waals surface area contributed by atoms with Gasteiger partial charge in [0.15, 0.2) is 0 Å². The highest BCUT2D eigenvalue weighted by molar-refractivity contribution is 6.32. The lowest BCUT2D eigenvalue weighted by Gasteiger charge is -2.18. The van der Waals surface area contributed by atoms with Crippen LogP contribution in [0.15, 0.2) is 12.1 Å². The Kier molecular flexibility index (Phi) is 2.78. The van der Waals surface area contributed by atoms with Crippen molar-refractivity contribution >= 4 is 11.6 Å². The number of nitrogens with two attached hydrogens (primary N) is 1. The minimum Gasteiger partial charge on any atom is -0.506 e. The monoisotopic (exact) mass is 265 g/mol. The molecule has 0 atom stereocenters. The first-order chi connectivity index (χ1) is 7.80. The van der Waals surface area contributed by atoms with Gasteiger partial charge in [-0.25, -0.2) is 0 Å². The van der Waals surface area contributed by atoms with Gasteiger partial charge in [0, 0.05) is 17.5 Å². The van der Waals surface area contributed by atoms with Crippen molar-refractivity contribution in [1.29, 1.82) is 0 Å². The van der Waals surface area contributed by atoms with Crippen LogP contribution >= 0.6 is 11.6 Å². The van der Waals surface area contributed by atoms with Crippen LogP contribution in [0.4, 0.5) is 13.2 Å². The number of phenolic OH excluding ortho intramolecular Hbond substituents is 1. The molecule has 0 unspecified atom stereocenters. The molecule has 0 radical (unpaired) electrons. The summed E-state index contributed by atoms with van der Waals surface area (Å²) in [6, 6.07) is 1.67. The molecule has 0 saturated heterocycles. The predicted molar refractivity (Wildman–Crippen MR) is 58.1 cm³/mol. The van der Waals surface area contributed by atoms with Crippen LogP contribution in [0, 0.1) is 0 Å². The van der Waals surface area contributed by atoms with E-state index in [2.05, 4.69) is 0 Å². The molecule has 0 heterocycles. The number of benzene rings is 1. The molecule has 2 nitrogen and oxygen atoms in total. The third-order valence-electron chi connectivity index (χ3n) is 3.21. The Hall–Kier alpha value is -0.940. The summed E-state index contributed by atoms with van der Waals surface area (Å²) in [5, 5.41) is 9.46. The first kappa shape index (κ1) is 12.5. The van der Waals surface area contributed by atoms with Gasteiger partial charge in [-0.05, 0) is 25.0 Å². The number of aromatic hydroxyl groups is 1. The minimum absolute atomic E-state index is 0.207. The van der Waals surface area contributed by atoms with Crippen LogP contribution in [0.3, 0.4) is 0 Å². The highest BCUT2D eigenvalue weighted by Crippen LogP contribution is 2.52. The molecule has 0 amide bonds. The Morgan fingerprint density at radius 2 is 1.94 bits per heavy atom. The number of halogens is 4. The molecule has 0 spiro atoms. The second-order valence-electron chi connectivity index (χ2n) is 4.34. The van der Waals surface area contributed by atoms with E-state index in [1.165, 1.54) is 0 Å². The summed E-state index contributed by atoms with van der Waals surface area (Å²) < 4.78 is 37.9. The first-order valence-electron chi connectivity index (χ1n) is 5.10. The summed E-state index contributed by atoms with van der Waals surface area (Å²) >= 11 is 5.63. The standard InChI is InChI=1S/C11H11ClF3NO/c12-8-4-6(11(13,14)15)3-7(9(8)17)10(5-16)1-2-10/h3-4,17H,1-2,5,16H2. The zero-order chi connectivity index (χ0) is 12.8. The second kappa shape index (κ2) is 3.78. The molecule has 0 bridgehead atoms.